The molecule has 0 bridgehead atoms. The Hall–Kier alpha value is -2.15. The highest BCUT2D eigenvalue weighted by Crippen LogP contribution is 2.35. The maximum atomic E-state index is 13.3. The third kappa shape index (κ3) is 2.01. The van der Waals surface area contributed by atoms with E-state index in [1.165, 1.54) is 0 Å². The topological polar surface area (TPSA) is 27.0 Å². The molecule has 2 aromatic carbocycles. The summed E-state index contributed by atoms with van der Waals surface area (Å²) >= 11 is 0. The van der Waals surface area contributed by atoms with Crippen molar-refractivity contribution in [3.63, 3.8) is 0 Å². The van der Waals surface area contributed by atoms with Gasteiger partial charge in [0.15, 0.2) is 0 Å². The van der Waals surface area contributed by atoms with Gasteiger partial charge in [0.25, 0.3) is 5.92 Å². The number of hydrogen-bond donors (Lipinski definition) is 0. The zero-order chi connectivity index (χ0) is 13.5. The molecule has 0 unspecified atom stereocenters. The summed E-state index contributed by atoms with van der Waals surface area (Å²) in [6, 6.07) is 13.1. The van der Waals surface area contributed by atoms with Crippen LogP contribution in [0.3, 0.4) is 0 Å². The number of halogens is 2. The van der Waals surface area contributed by atoms with Crippen LogP contribution in [0.4, 0.5) is 14.5 Å². The smallest absolute Gasteiger partial charge is 0.266 e. The third-order valence-corrected chi connectivity index (χ3v) is 3.53. The maximum absolute atomic E-state index is 13.3. The van der Waals surface area contributed by atoms with Gasteiger partial charge in [-0.2, -0.15) is 5.26 Å². The van der Waals surface area contributed by atoms with Gasteiger partial charge in [-0.15, -0.1) is 0 Å². The van der Waals surface area contributed by atoms with Gasteiger partial charge >= 0.3 is 0 Å². The van der Waals surface area contributed by atoms with Crippen molar-refractivity contribution in [1.82, 2.24) is 0 Å². The van der Waals surface area contributed by atoms with Gasteiger partial charge in [-0.1, -0.05) is 24.3 Å². The Labute approximate surface area is 109 Å². The van der Waals surface area contributed by atoms with Crippen LogP contribution in [0.5, 0.6) is 0 Å². The van der Waals surface area contributed by atoms with Crippen LogP contribution in [0, 0.1) is 11.3 Å². The zero-order valence-electron chi connectivity index (χ0n) is 10.2. The minimum absolute atomic E-state index is 0.110. The average Bonchev–Trinajstić information content (AvgIpc) is 2.77. The molecule has 1 aliphatic rings. The number of benzene rings is 2. The van der Waals surface area contributed by atoms with E-state index in [-0.39, 0.29) is 13.0 Å². The van der Waals surface area contributed by atoms with Crippen molar-refractivity contribution in [1.29, 1.82) is 5.26 Å². The first kappa shape index (κ1) is 11.9. The summed E-state index contributed by atoms with van der Waals surface area (Å²) in [5, 5.41) is 10.8. The largest absolute Gasteiger partial charge is 0.365 e. The lowest BCUT2D eigenvalue weighted by atomic mass is 10.0. The highest BCUT2D eigenvalue weighted by atomic mass is 19.3. The Balaban J connectivity index is 2.14. The molecule has 2 aromatic rings. The van der Waals surface area contributed by atoms with Crippen molar-refractivity contribution in [2.24, 2.45) is 0 Å². The van der Waals surface area contributed by atoms with Gasteiger partial charge in [0.1, 0.15) is 0 Å². The highest BCUT2D eigenvalue weighted by Gasteiger charge is 2.38. The summed E-state index contributed by atoms with van der Waals surface area (Å²) in [5.74, 6) is -2.62. The lowest BCUT2D eigenvalue weighted by Gasteiger charge is -2.20. The molecule has 0 atom stereocenters. The van der Waals surface area contributed by atoms with E-state index in [1.54, 1.807) is 17.0 Å². The number of nitrogens with zero attached hydrogens (tertiary/aromatic N) is 2. The summed E-state index contributed by atoms with van der Waals surface area (Å²) in [5.41, 5.74) is 1.36. The van der Waals surface area contributed by atoms with Gasteiger partial charge < -0.3 is 4.90 Å². The molecule has 0 aliphatic carbocycles. The monoisotopic (exact) mass is 258 g/mol. The predicted octanol–water partition coefficient (Wildman–Crippen LogP) is 3.56. The third-order valence-electron chi connectivity index (χ3n) is 3.53. The number of hydrogen-bond acceptors (Lipinski definition) is 2. The molecule has 0 radical (unpaired) electrons. The first-order valence-electron chi connectivity index (χ1n) is 6.15. The second-order valence-electron chi connectivity index (χ2n) is 4.82. The number of anilines is 1. The predicted molar refractivity (Wildman–Crippen MR) is 70.4 cm³/mol. The lowest BCUT2D eigenvalue weighted by molar-refractivity contribution is 0.0257. The SMILES string of the molecule is N#Cc1ccc(N2CCC(F)(F)C2)c2ccccc12. The molecule has 0 N–H and O–H groups in total. The molecular weight excluding hydrogens is 246 g/mol. The maximum Gasteiger partial charge on any atom is 0.266 e. The van der Waals surface area contributed by atoms with Crippen molar-refractivity contribution >= 4 is 16.5 Å². The van der Waals surface area contributed by atoms with E-state index < -0.39 is 5.92 Å². The van der Waals surface area contributed by atoms with E-state index in [0.29, 0.717) is 12.1 Å². The molecular formula is C15H12F2N2. The molecule has 96 valence electrons. The molecule has 2 nitrogen and oxygen atoms in total. The summed E-state index contributed by atoms with van der Waals surface area (Å²) < 4.78 is 26.7. The van der Waals surface area contributed by atoms with Gasteiger partial charge in [0.2, 0.25) is 0 Å². The fraction of sp³-hybridized carbons (Fsp3) is 0.267. The Morgan fingerprint density at radius 3 is 2.47 bits per heavy atom. The van der Waals surface area contributed by atoms with E-state index in [9.17, 15) is 8.78 Å². The second-order valence-corrected chi connectivity index (χ2v) is 4.82. The van der Waals surface area contributed by atoms with E-state index in [0.717, 1.165) is 16.5 Å². The first-order valence-corrected chi connectivity index (χ1v) is 6.15. The molecule has 3 rings (SSSR count). The van der Waals surface area contributed by atoms with Crippen LogP contribution in [-0.2, 0) is 0 Å². The molecule has 4 heteroatoms. The quantitative estimate of drug-likeness (QED) is 0.782. The van der Waals surface area contributed by atoms with Crippen LogP contribution in [-0.4, -0.2) is 19.0 Å². The van der Waals surface area contributed by atoms with Crippen molar-refractivity contribution < 1.29 is 8.78 Å². The Morgan fingerprint density at radius 1 is 1.11 bits per heavy atom. The minimum Gasteiger partial charge on any atom is -0.365 e. The number of alkyl halides is 2. The van der Waals surface area contributed by atoms with Crippen LogP contribution in [0.2, 0.25) is 0 Å². The number of fused-ring (bicyclic) bond motifs is 1. The first-order chi connectivity index (χ1) is 9.11. The van der Waals surface area contributed by atoms with Crippen molar-refractivity contribution in [2.45, 2.75) is 12.3 Å². The molecule has 1 fully saturated rings. The summed E-state index contributed by atoms with van der Waals surface area (Å²) in [7, 11) is 0. The van der Waals surface area contributed by atoms with Crippen molar-refractivity contribution in [2.75, 3.05) is 18.0 Å². The Kier molecular flexibility index (Phi) is 2.63. The van der Waals surface area contributed by atoms with Crippen LogP contribution in [0.25, 0.3) is 10.8 Å². The fourth-order valence-electron chi connectivity index (χ4n) is 2.60. The molecule has 1 heterocycles. The summed E-state index contributed by atoms with van der Waals surface area (Å²) in [6.45, 7) is 0.103. The molecule has 1 saturated heterocycles. The second kappa shape index (κ2) is 4.20. The van der Waals surface area contributed by atoms with Crippen LogP contribution in [0.1, 0.15) is 12.0 Å². The van der Waals surface area contributed by atoms with Crippen LogP contribution < -0.4 is 4.90 Å². The van der Waals surface area contributed by atoms with Gasteiger partial charge in [-0.05, 0) is 12.1 Å². The molecule has 0 spiro atoms. The van der Waals surface area contributed by atoms with E-state index in [1.807, 2.05) is 24.3 Å². The molecule has 0 amide bonds. The van der Waals surface area contributed by atoms with Gasteiger partial charge in [0.05, 0.1) is 18.2 Å². The summed E-state index contributed by atoms with van der Waals surface area (Å²) in [6.07, 6.45) is -0.110. The average molecular weight is 258 g/mol. The zero-order valence-corrected chi connectivity index (χ0v) is 10.2. The van der Waals surface area contributed by atoms with E-state index >= 15 is 0 Å². The van der Waals surface area contributed by atoms with Gasteiger partial charge in [-0.25, -0.2) is 8.78 Å². The molecule has 0 aromatic heterocycles. The van der Waals surface area contributed by atoms with Gasteiger partial charge in [0, 0.05) is 29.4 Å². The standard InChI is InChI=1S/C15H12F2N2/c16-15(17)7-8-19(10-15)14-6-5-11(9-18)12-3-1-2-4-13(12)14/h1-6H,7-8,10H2. The van der Waals surface area contributed by atoms with Crippen molar-refractivity contribution in [3.8, 4) is 6.07 Å². The van der Waals surface area contributed by atoms with Crippen LogP contribution in [0.15, 0.2) is 36.4 Å². The van der Waals surface area contributed by atoms with E-state index in [4.69, 9.17) is 5.26 Å². The Bertz CT molecular complexity index is 673. The van der Waals surface area contributed by atoms with Crippen molar-refractivity contribution in [3.05, 3.63) is 42.0 Å². The normalized spacial score (nSPS) is 17.6. The Morgan fingerprint density at radius 2 is 1.84 bits per heavy atom. The van der Waals surface area contributed by atoms with Gasteiger partial charge in [-0.3, -0.25) is 0 Å². The molecule has 19 heavy (non-hydrogen) atoms. The highest BCUT2D eigenvalue weighted by molar-refractivity contribution is 5.97. The molecule has 0 saturated carbocycles. The summed E-state index contributed by atoms with van der Waals surface area (Å²) in [4.78, 5) is 1.70. The minimum atomic E-state index is -2.62. The molecule has 1 aliphatic heterocycles. The number of rotatable bonds is 1. The lowest BCUT2D eigenvalue weighted by Crippen LogP contribution is -2.25. The van der Waals surface area contributed by atoms with E-state index in [2.05, 4.69) is 6.07 Å². The van der Waals surface area contributed by atoms with Crippen LogP contribution >= 0.6 is 0 Å². The number of nitriles is 1. The fourth-order valence-corrected chi connectivity index (χ4v) is 2.60.